The Kier molecular flexibility index (Phi) is 4.73. The average Bonchev–Trinajstić information content (AvgIpc) is 3.03. The van der Waals surface area contributed by atoms with Crippen molar-refractivity contribution in [2.75, 3.05) is 26.7 Å². The average molecular weight is 318 g/mol. The van der Waals surface area contributed by atoms with Crippen molar-refractivity contribution in [3.63, 3.8) is 0 Å². The molecule has 1 aromatic carbocycles. The Hall–Kier alpha value is -2.18. The molecule has 1 saturated heterocycles. The first-order valence-corrected chi connectivity index (χ1v) is 7.54. The maximum absolute atomic E-state index is 13.5. The second-order valence-electron chi connectivity index (χ2n) is 5.47. The Balaban J connectivity index is 1.84. The van der Waals surface area contributed by atoms with Gasteiger partial charge in [0.25, 0.3) is 5.91 Å². The van der Waals surface area contributed by atoms with Crippen molar-refractivity contribution in [3.05, 3.63) is 59.3 Å². The molecule has 1 aromatic heterocycles. The fraction of sp³-hybridized carbons (Fsp3) is 0.353. The van der Waals surface area contributed by atoms with E-state index in [-0.39, 0.29) is 23.5 Å². The number of methoxy groups -OCH3 is 1. The number of hydrogen-bond donors (Lipinski definition) is 1. The maximum Gasteiger partial charge on any atom is 0.290 e. The standard InChI is InChI=1S/C17H19FN2O3/c1-22-11-14-5-6-16(23-14)17(21)20-8-7-19-10-15(20)12-3-2-4-13(18)9-12/h2-6,9,15,19H,7-8,10-11H2,1H3. The molecule has 1 N–H and O–H groups in total. The number of halogens is 1. The van der Waals surface area contributed by atoms with Gasteiger partial charge in [0.1, 0.15) is 18.2 Å². The van der Waals surface area contributed by atoms with Crippen LogP contribution < -0.4 is 5.32 Å². The van der Waals surface area contributed by atoms with Crippen LogP contribution in [0.1, 0.15) is 27.9 Å². The fourth-order valence-electron chi connectivity index (χ4n) is 2.81. The summed E-state index contributed by atoms with van der Waals surface area (Å²) in [5.74, 6) is 0.387. The van der Waals surface area contributed by atoms with Crippen LogP contribution in [0.3, 0.4) is 0 Å². The molecule has 1 atom stereocenters. The largest absolute Gasteiger partial charge is 0.453 e. The Morgan fingerprint density at radius 2 is 2.30 bits per heavy atom. The van der Waals surface area contributed by atoms with Gasteiger partial charge in [-0.3, -0.25) is 4.79 Å². The van der Waals surface area contributed by atoms with Crippen LogP contribution in [-0.4, -0.2) is 37.6 Å². The highest BCUT2D eigenvalue weighted by Gasteiger charge is 2.30. The summed E-state index contributed by atoms with van der Waals surface area (Å²) in [6.45, 7) is 2.15. The van der Waals surface area contributed by atoms with E-state index < -0.39 is 0 Å². The molecule has 1 amide bonds. The van der Waals surface area contributed by atoms with Gasteiger partial charge in [-0.1, -0.05) is 12.1 Å². The van der Waals surface area contributed by atoms with Crippen LogP contribution in [0.4, 0.5) is 4.39 Å². The van der Waals surface area contributed by atoms with E-state index in [0.29, 0.717) is 32.0 Å². The van der Waals surface area contributed by atoms with Crippen LogP contribution in [0.5, 0.6) is 0 Å². The molecule has 1 aliphatic heterocycles. The molecule has 0 aliphatic carbocycles. The van der Waals surface area contributed by atoms with E-state index in [9.17, 15) is 9.18 Å². The van der Waals surface area contributed by atoms with E-state index >= 15 is 0 Å². The van der Waals surface area contributed by atoms with Gasteiger partial charge in [0, 0.05) is 26.7 Å². The Morgan fingerprint density at radius 3 is 3.09 bits per heavy atom. The van der Waals surface area contributed by atoms with Gasteiger partial charge in [-0.25, -0.2) is 4.39 Å². The van der Waals surface area contributed by atoms with Gasteiger partial charge in [-0.2, -0.15) is 0 Å². The number of nitrogens with one attached hydrogen (secondary N) is 1. The number of benzene rings is 1. The number of nitrogens with zero attached hydrogens (tertiary/aromatic N) is 1. The molecule has 23 heavy (non-hydrogen) atoms. The number of carbonyl (C=O) groups excluding carboxylic acids is 1. The summed E-state index contributed by atoms with van der Waals surface area (Å²) in [6, 6.07) is 9.52. The van der Waals surface area contributed by atoms with E-state index in [1.165, 1.54) is 12.1 Å². The smallest absolute Gasteiger partial charge is 0.290 e. The first-order valence-electron chi connectivity index (χ1n) is 7.54. The number of carbonyl (C=O) groups is 1. The molecule has 1 fully saturated rings. The minimum Gasteiger partial charge on any atom is -0.453 e. The van der Waals surface area contributed by atoms with Crippen molar-refractivity contribution in [2.24, 2.45) is 0 Å². The Morgan fingerprint density at radius 1 is 1.43 bits per heavy atom. The summed E-state index contributed by atoms with van der Waals surface area (Å²) in [7, 11) is 1.57. The quantitative estimate of drug-likeness (QED) is 0.940. The highest BCUT2D eigenvalue weighted by Crippen LogP contribution is 2.25. The lowest BCUT2D eigenvalue weighted by atomic mass is 10.0. The zero-order valence-electron chi connectivity index (χ0n) is 12.9. The lowest BCUT2D eigenvalue weighted by molar-refractivity contribution is 0.0594. The fourth-order valence-corrected chi connectivity index (χ4v) is 2.81. The topological polar surface area (TPSA) is 54.7 Å². The predicted octanol–water partition coefficient (Wildman–Crippen LogP) is 2.35. The molecule has 0 bridgehead atoms. The minimum absolute atomic E-state index is 0.192. The summed E-state index contributed by atoms with van der Waals surface area (Å²) in [4.78, 5) is 14.5. The van der Waals surface area contributed by atoms with Crippen molar-refractivity contribution in [1.82, 2.24) is 10.2 Å². The van der Waals surface area contributed by atoms with Crippen LogP contribution >= 0.6 is 0 Å². The normalized spacial score (nSPS) is 18.2. The van der Waals surface area contributed by atoms with E-state index in [2.05, 4.69) is 5.32 Å². The third kappa shape index (κ3) is 3.43. The first kappa shape index (κ1) is 15.7. The number of furan rings is 1. The van der Waals surface area contributed by atoms with Crippen LogP contribution in [0.25, 0.3) is 0 Å². The number of hydrogen-bond acceptors (Lipinski definition) is 4. The van der Waals surface area contributed by atoms with Crippen LogP contribution in [0, 0.1) is 5.82 Å². The highest BCUT2D eigenvalue weighted by atomic mass is 19.1. The molecular formula is C17H19FN2O3. The lowest BCUT2D eigenvalue weighted by Crippen LogP contribution is -2.48. The van der Waals surface area contributed by atoms with Crippen LogP contribution in [-0.2, 0) is 11.3 Å². The summed E-state index contributed by atoms with van der Waals surface area (Å²) in [5, 5.41) is 3.25. The van der Waals surface area contributed by atoms with Gasteiger partial charge < -0.3 is 19.4 Å². The Labute approximate surface area is 134 Å². The summed E-state index contributed by atoms with van der Waals surface area (Å²) < 4.78 is 24.0. The van der Waals surface area contributed by atoms with Crippen LogP contribution in [0.15, 0.2) is 40.8 Å². The first-order chi connectivity index (χ1) is 11.2. The van der Waals surface area contributed by atoms with Crippen LogP contribution in [0.2, 0.25) is 0 Å². The van der Waals surface area contributed by atoms with Gasteiger partial charge in [0.05, 0.1) is 6.04 Å². The molecule has 2 aromatic rings. The summed E-state index contributed by atoms with van der Waals surface area (Å²) in [6.07, 6.45) is 0. The third-order valence-electron chi connectivity index (χ3n) is 3.90. The molecule has 1 aliphatic rings. The number of ether oxygens (including phenoxy) is 1. The van der Waals surface area contributed by atoms with Gasteiger partial charge >= 0.3 is 0 Å². The van der Waals surface area contributed by atoms with Gasteiger partial charge in [-0.15, -0.1) is 0 Å². The summed E-state index contributed by atoms with van der Waals surface area (Å²) >= 11 is 0. The predicted molar refractivity (Wildman–Crippen MR) is 82.5 cm³/mol. The molecule has 1 unspecified atom stereocenters. The zero-order valence-corrected chi connectivity index (χ0v) is 12.9. The monoisotopic (exact) mass is 318 g/mol. The highest BCUT2D eigenvalue weighted by molar-refractivity contribution is 5.92. The molecule has 3 rings (SSSR count). The van der Waals surface area contributed by atoms with Crippen molar-refractivity contribution in [2.45, 2.75) is 12.6 Å². The molecular weight excluding hydrogens is 299 g/mol. The number of rotatable bonds is 4. The van der Waals surface area contributed by atoms with E-state index in [1.807, 2.05) is 6.07 Å². The van der Waals surface area contributed by atoms with Gasteiger partial charge in [0.15, 0.2) is 5.76 Å². The second kappa shape index (κ2) is 6.93. The Bertz CT molecular complexity index is 686. The molecule has 2 heterocycles. The van der Waals surface area contributed by atoms with Gasteiger partial charge in [-0.05, 0) is 29.8 Å². The molecule has 0 spiro atoms. The lowest BCUT2D eigenvalue weighted by Gasteiger charge is -2.36. The molecule has 5 nitrogen and oxygen atoms in total. The number of amides is 1. The molecule has 122 valence electrons. The third-order valence-corrected chi connectivity index (χ3v) is 3.90. The zero-order chi connectivity index (χ0) is 16.2. The van der Waals surface area contributed by atoms with Crippen molar-refractivity contribution >= 4 is 5.91 Å². The summed E-state index contributed by atoms with van der Waals surface area (Å²) in [5.41, 5.74) is 0.772. The molecule has 6 heteroatoms. The van der Waals surface area contributed by atoms with Crippen molar-refractivity contribution in [3.8, 4) is 0 Å². The molecule has 0 saturated carbocycles. The van der Waals surface area contributed by atoms with E-state index in [0.717, 1.165) is 5.56 Å². The SMILES string of the molecule is COCc1ccc(C(=O)N2CCNCC2c2cccc(F)c2)o1. The second-order valence-corrected chi connectivity index (χ2v) is 5.47. The maximum atomic E-state index is 13.5. The van der Waals surface area contributed by atoms with Gasteiger partial charge in [0.2, 0.25) is 0 Å². The minimum atomic E-state index is -0.305. The van der Waals surface area contributed by atoms with Crippen molar-refractivity contribution in [1.29, 1.82) is 0 Å². The number of piperazine rings is 1. The van der Waals surface area contributed by atoms with E-state index in [1.54, 1.807) is 30.2 Å². The molecule has 0 radical (unpaired) electrons. The van der Waals surface area contributed by atoms with Crippen molar-refractivity contribution < 1.29 is 18.3 Å². The van der Waals surface area contributed by atoms with E-state index in [4.69, 9.17) is 9.15 Å².